The van der Waals surface area contributed by atoms with Crippen molar-refractivity contribution in [2.75, 3.05) is 5.75 Å². The SMILES string of the molecule is Cc1cc(C)cc(OCc2nnc(SCC(=O)NCc3ccco3)n2C)c1. The van der Waals surface area contributed by atoms with Gasteiger partial charge in [0.1, 0.15) is 18.1 Å². The van der Waals surface area contributed by atoms with Crippen LogP contribution in [0.25, 0.3) is 0 Å². The molecule has 0 saturated heterocycles. The van der Waals surface area contributed by atoms with Gasteiger partial charge >= 0.3 is 0 Å². The second-order valence-corrected chi connectivity index (χ2v) is 7.16. The zero-order chi connectivity index (χ0) is 19.2. The van der Waals surface area contributed by atoms with E-state index in [-0.39, 0.29) is 11.7 Å². The van der Waals surface area contributed by atoms with Gasteiger partial charge in [0.25, 0.3) is 0 Å². The summed E-state index contributed by atoms with van der Waals surface area (Å²) < 4.78 is 12.9. The Kier molecular flexibility index (Phi) is 6.18. The minimum atomic E-state index is -0.0903. The summed E-state index contributed by atoms with van der Waals surface area (Å²) in [5, 5.41) is 11.8. The summed E-state index contributed by atoms with van der Waals surface area (Å²) in [5.41, 5.74) is 2.31. The summed E-state index contributed by atoms with van der Waals surface area (Å²) in [5.74, 6) is 2.39. The second-order valence-electron chi connectivity index (χ2n) is 6.21. The number of carbonyl (C=O) groups excluding carboxylic acids is 1. The van der Waals surface area contributed by atoms with Crippen molar-refractivity contribution in [1.29, 1.82) is 0 Å². The van der Waals surface area contributed by atoms with Crippen LogP contribution < -0.4 is 10.1 Å². The molecule has 0 unspecified atom stereocenters. The number of hydrogen-bond donors (Lipinski definition) is 1. The van der Waals surface area contributed by atoms with Crippen LogP contribution in [0.1, 0.15) is 22.7 Å². The van der Waals surface area contributed by atoms with Crippen LogP contribution in [0.2, 0.25) is 0 Å². The quantitative estimate of drug-likeness (QED) is 0.599. The summed E-state index contributed by atoms with van der Waals surface area (Å²) in [6.45, 7) is 4.76. The second kappa shape index (κ2) is 8.77. The Bertz CT molecular complexity index is 886. The monoisotopic (exact) mass is 386 g/mol. The lowest BCUT2D eigenvalue weighted by molar-refractivity contribution is -0.118. The molecule has 0 saturated carbocycles. The molecule has 0 radical (unpaired) electrons. The van der Waals surface area contributed by atoms with E-state index in [1.807, 2.05) is 43.7 Å². The molecule has 0 bridgehead atoms. The van der Waals surface area contributed by atoms with E-state index in [2.05, 4.69) is 21.6 Å². The standard InChI is InChI=1S/C19H22N4O3S/c1-13-7-14(2)9-16(8-13)26-11-17-21-22-19(23(17)3)27-12-18(24)20-10-15-5-4-6-25-15/h4-9H,10-12H2,1-3H3,(H,20,24). The lowest BCUT2D eigenvalue weighted by Gasteiger charge is -2.08. The molecule has 1 N–H and O–H groups in total. The number of furan rings is 1. The van der Waals surface area contributed by atoms with Gasteiger partial charge in [0, 0.05) is 7.05 Å². The van der Waals surface area contributed by atoms with E-state index in [1.54, 1.807) is 12.3 Å². The smallest absolute Gasteiger partial charge is 0.230 e. The molecule has 142 valence electrons. The normalized spacial score (nSPS) is 10.8. The molecule has 0 fully saturated rings. The number of aromatic nitrogens is 3. The van der Waals surface area contributed by atoms with Crippen molar-refractivity contribution in [2.45, 2.75) is 32.2 Å². The zero-order valence-corrected chi connectivity index (χ0v) is 16.4. The number of nitrogens with zero attached hydrogens (tertiary/aromatic N) is 3. The van der Waals surface area contributed by atoms with Gasteiger partial charge in [0.2, 0.25) is 5.91 Å². The predicted molar refractivity (Wildman–Crippen MR) is 103 cm³/mol. The molecule has 8 heteroatoms. The first kappa shape index (κ1) is 19.0. The van der Waals surface area contributed by atoms with Crippen molar-refractivity contribution in [3.63, 3.8) is 0 Å². The fourth-order valence-electron chi connectivity index (χ4n) is 2.54. The highest BCUT2D eigenvalue weighted by molar-refractivity contribution is 7.99. The van der Waals surface area contributed by atoms with E-state index in [0.717, 1.165) is 22.6 Å². The van der Waals surface area contributed by atoms with E-state index in [9.17, 15) is 4.79 Å². The summed E-state index contributed by atoms with van der Waals surface area (Å²) in [6, 6.07) is 9.68. The molecule has 0 aliphatic rings. The highest BCUT2D eigenvalue weighted by atomic mass is 32.2. The Morgan fingerprint density at radius 3 is 2.74 bits per heavy atom. The van der Waals surface area contributed by atoms with Crippen LogP contribution in [0.4, 0.5) is 0 Å². The molecule has 3 aromatic rings. The maximum absolute atomic E-state index is 11.9. The van der Waals surface area contributed by atoms with E-state index >= 15 is 0 Å². The number of thioether (sulfide) groups is 1. The Hall–Kier alpha value is -2.74. The lowest BCUT2D eigenvalue weighted by atomic mass is 10.1. The van der Waals surface area contributed by atoms with Gasteiger partial charge in [-0.1, -0.05) is 17.8 Å². The summed E-state index contributed by atoms with van der Waals surface area (Å²) >= 11 is 1.33. The molecular weight excluding hydrogens is 364 g/mol. The lowest BCUT2D eigenvalue weighted by Crippen LogP contribution is -2.24. The number of hydrogen-bond acceptors (Lipinski definition) is 6. The predicted octanol–water partition coefficient (Wildman–Crippen LogP) is 3.01. The van der Waals surface area contributed by atoms with Gasteiger partial charge in [-0.05, 0) is 49.2 Å². The zero-order valence-electron chi connectivity index (χ0n) is 15.6. The van der Waals surface area contributed by atoms with Gasteiger partial charge < -0.3 is 19.0 Å². The van der Waals surface area contributed by atoms with Crippen LogP contribution >= 0.6 is 11.8 Å². The minimum absolute atomic E-state index is 0.0903. The van der Waals surface area contributed by atoms with E-state index in [1.165, 1.54) is 11.8 Å². The Morgan fingerprint density at radius 1 is 1.26 bits per heavy atom. The van der Waals surface area contributed by atoms with Crippen molar-refractivity contribution >= 4 is 17.7 Å². The van der Waals surface area contributed by atoms with Crippen LogP contribution in [-0.2, 0) is 25.0 Å². The molecule has 0 aliphatic carbocycles. The minimum Gasteiger partial charge on any atom is -0.486 e. The largest absolute Gasteiger partial charge is 0.486 e. The van der Waals surface area contributed by atoms with Crippen LogP contribution in [0.15, 0.2) is 46.2 Å². The fourth-order valence-corrected chi connectivity index (χ4v) is 3.30. The van der Waals surface area contributed by atoms with Crippen molar-refractivity contribution in [3.8, 4) is 5.75 Å². The van der Waals surface area contributed by atoms with Gasteiger partial charge in [0.05, 0.1) is 18.6 Å². The Labute approximate surface area is 162 Å². The highest BCUT2D eigenvalue weighted by Crippen LogP contribution is 2.19. The van der Waals surface area contributed by atoms with Crippen LogP contribution in [0.5, 0.6) is 5.75 Å². The maximum Gasteiger partial charge on any atom is 0.230 e. The van der Waals surface area contributed by atoms with Gasteiger partial charge in [0.15, 0.2) is 11.0 Å². The van der Waals surface area contributed by atoms with Crippen LogP contribution in [0.3, 0.4) is 0 Å². The van der Waals surface area contributed by atoms with Crippen molar-refractivity contribution in [3.05, 3.63) is 59.3 Å². The van der Waals surface area contributed by atoms with Crippen LogP contribution in [0, 0.1) is 13.8 Å². The first-order valence-corrected chi connectivity index (χ1v) is 9.51. The van der Waals surface area contributed by atoms with Gasteiger partial charge in [-0.2, -0.15) is 0 Å². The summed E-state index contributed by atoms with van der Waals surface area (Å²) in [4.78, 5) is 11.9. The van der Waals surface area contributed by atoms with Gasteiger partial charge in [-0.3, -0.25) is 4.79 Å². The summed E-state index contributed by atoms with van der Waals surface area (Å²) in [6.07, 6.45) is 1.58. The van der Waals surface area contributed by atoms with E-state index in [0.29, 0.717) is 24.1 Å². The average molecular weight is 386 g/mol. The first-order chi connectivity index (χ1) is 13.0. The van der Waals surface area contributed by atoms with Crippen molar-refractivity contribution < 1.29 is 13.9 Å². The van der Waals surface area contributed by atoms with E-state index < -0.39 is 0 Å². The van der Waals surface area contributed by atoms with Gasteiger partial charge in [-0.15, -0.1) is 10.2 Å². The van der Waals surface area contributed by atoms with Gasteiger partial charge in [-0.25, -0.2) is 0 Å². The Morgan fingerprint density at radius 2 is 2.04 bits per heavy atom. The van der Waals surface area contributed by atoms with E-state index in [4.69, 9.17) is 9.15 Å². The highest BCUT2D eigenvalue weighted by Gasteiger charge is 2.12. The fraction of sp³-hybridized carbons (Fsp3) is 0.316. The number of ether oxygens (including phenoxy) is 1. The number of amides is 1. The average Bonchev–Trinajstić information content (AvgIpc) is 3.26. The molecule has 7 nitrogen and oxygen atoms in total. The number of carbonyl (C=O) groups is 1. The number of benzene rings is 1. The molecule has 0 atom stereocenters. The van der Waals surface area contributed by atoms with Crippen molar-refractivity contribution in [1.82, 2.24) is 20.1 Å². The van der Waals surface area contributed by atoms with Crippen LogP contribution in [-0.4, -0.2) is 26.4 Å². The number of rotatable bonds is 8. The molecule has 0 spiro atoms. The first-order valence-electron chi connectivity index (χ1n) is 8.52. The molecule has 27 heavy (non-hydrogen) atoms. The molecule has 1 amide bonds. The molecule has 0 aliphatic heterocycles. The van der Waals surface area contributed by atoms with Crippen molar-refractivity contribution in [2.24, 2.45) is 7.05 Å². The maximum atomic E-state index is 11.9. The third-order valence-electron chi connectivity index (χ3n) is 3.86. The summed E-state index contributed by atoms with van der Waals surface area (Å²) in [7, 11) is 1.86. The molecule has 1 aromatic carbocycles. The molecular formula is C19H22N4O3S. The topological polar surface area (TPSA) is 82.2 Å². The molecule has 2 aromatic heterocycles. The third-order valence-corrected chi connectivity index (χ3v) is 4.88. The number of nitrogens with one attached hydrogen (secondary N) is 1. The molecule has 2 heterocycles. The Balaban J connectivity index is 1.49. The third kappa shape index (κ3) is 5.37. The number of aryl methyl sites for hydroxylation is 2. The molecule has 3 rings (SSSR count).